The second kappa shape index (κ2) is 7.41. The van der Waals surface area contributed by atoms with Gasteiger partial charge in [0.15, 0.2) is 5.79 Å². The molecule has 1 saturated heterocycles. The maximum absolute atomic E-state index is 12.3. The predicted molar refractivity (Wildman–Crippen MR) is 87.6 cm³/mol. The number of benzene rings is 1. The summed E-state index contributed by atoms with van der Waals surface area (Å²) in [5.41, 5.74) is -0.233. The Morgan fingerprint density at radius 3 is 2.32 bits per heavy atom. The van der Waals surface area contributed by atoms with Crippen LogP contribution in [0, 0.1) is 0 Å². The Balaban J connectivity index is 1.61. The number of rotatable bonds is 4. The van der Waals surface area contributed by atoms with Gasteiger partial charge in [-0.05, 0) is 18.4 Å². The average Bonchev–Trinajstić information content (AvgIpc) is 3.11. The van der Waals surface area contributed by atoms with Crippen molar-refractivity contribution < 1.29 is 28.5 Å². The van der Waals surface area contributed by atoms with Crippen LogP contribution in [0.2, 0.25) is 0 Å². The average molecular weight is 349 g/mol. The van der Waals surface area contributed by atoms with Gasteiger partial charge in [-0.25, -0.2) is 9.59 Å². The minimum Gasteiger partial charge on any atom is -0.467 e. The zero-order valence-corrected chi connectivity index (χ0v) is 14.3. The summed E-state index contributed by atoms with van der Waals surface area (Å²) in [6.45, 7) is 1.25. The summed E-state index contributed by atoms with van der Waals surface area (Å²) >= 11 is 0. The molecule has 7 heteroatoms. The quantitative estimate of drug-likeness (QED) is 0.839. The van der Waals surface area contributed by atoms with Gasteiger partial charge in [0.1, 0.15) is 12.1 Å². The number of methoxy groups -OCH3 is 1. The third kappa shape index (κ3) is 3.93. The summed E-state index contributed by atoms with van der Waals surface area (Å²) in [5, 5.41) is 2.71. The molecule has 1 aliphatic heterocycles. The Kier molecular flexibility index (Phi) is 5.24. The molecule has 1 saturated carbocycles. The molecule has 1 aromatic rings. The third-order valence-electron chi connectivity index (χ3n) is 4.81. The van der Waals surface area contributed by atoms with E-state index >= 15 is 0 Å². The predicted octanol–water partition coefficient (Wildman–Crippen LogP) is 2.14. The van der Waals surface area contributed by atoms with Crippen LogP contribution in [0.3, 0.4) is 0 Å². The topological polar surface area (TPSA) is 83.1 Å². The molecular formula is C18H23NO6. The van der Waals surface area contributed by atoms with Gasteiger partial charge in [0, 0.05) is 12.8 Å². The molecule has 0 atom stereocenters. The molecule has 1 amide bonds. The van der Waals surface area contributed by atoms with Crippen LogP contribution < -0.4 is 5.32 Å². The minimum atomic E-state index is -1.11. The fourth-order valence-corrected chi connectivity index (χ4v) is 3.37. The normalized spacial score (nSPS) is 20.8. The summed E-state index contributed by atoms with van der Waals surface area (Å²) < 4.78 is 21.5. The molecular weight excluding hydrogens is 326 g/mol. The van der Waals surface area contributed by atoms with E-state index in [0.29, 0.717) is 38.9 Å². The molecule has 0 unspecified atom stereocenters. The number of esters is 1. The van der Waals surface area contributed by atoms with E-state index in [1.54, 1.807) is 0 Å². The Bertz CT molecular complexity index is 601. The highest BCUT2D eigenvalue weighted by Gasteiger charge is 2.51. The Morgan fingerprint density at radius 1 is 1.08 bits per heavy atom. The molecule has 1 N–H and O–H groups in total. The van der Waals surface area contributed by atoms with Crippen LogP contribution in [0.4, 0.5) is 4.79 Å². The Hall–Kier alpha value is -2.12. The summed E-state index contributed by atoms with van der Waals surface area (Å²) in [4.78, 5) is 24.5. The van der Waals surface area contributed by atoms with E-state index in [0.717, 1.165) is 5.56 Å². The molecule has 3 rings (SSSR count). The highest BCUT2D eigenvalue weighted by atomic mass is 16.7. The molecule has 136 valence electrons. The van der Waals surface area contributed by atoms with Crippen molar-refractivity contribution in [1.82, 2.24) is 5.32 Å². The van der Waals surface area contributed by atoms with E-state index in [2.05, 4.69) is 5.32 Å². The molecule has 1 aliphatic carbocycles. The lowest BCUT2D eigenvalue weighted by Gasteiger charge is -2.41. The van der Waals surface area contributed by atoms with Crippen LogP contribution in [-0.2, 0) is 30.3 Å². The summed E-state index contributed by atoms with van der Waals surface area (Å²) in [6, 6.07) is 9.36. The first-order valence-corrected chi connectivity index (χ1v) is 8.43. The highest BCUT2D eigenvalue weighted by molar-refractivity contribution is 5.85. The van der Waals surface area contributed by atoms with E-state index in [1.165, 1.54) is 7.11 Å². The van der Waals surface area contributed by atoms with Gasteiger partial charge in [0.25, 0.3) is 0 Å². The zero-order chi connectivity index (χ0) is 17.8. The van der Waals surface area contributed by atoms with Gasteiger partial charge in [-0.3, -0.25) is 0 Å². The molecule has 0 aromatic heterocycles. The van der Waals surface area contributed by atoms with Gasteiger partial charge < -0.3 is 24.3 Å². The van der Waals surface area contributed by atoms with Crippen molar-refractivity contribution in [1.29, 1.82) is 0 Å². The van der Waals surface area contributed by atoms with Crippen LogP contribution >= 0.6 is 0 Å². The summed E-state index contributed by atoms with van der Waals surface area (Å²) in [6.07, 6.45) is 1.14. The second-order valence-corrected chi connectivity index (χ2v) is 6.37. The molecule has 25 heavy (non-hydrogen) atoms. The van der Waals surface area contributed by atoms with E-state index in [-0.39, 0.29) is 6.61 Å². The van der Waals surface area contributed by atoms with Gasteiger partial charge in [-0.15, -0.1) is 0 Å². The van der Waals surface area contributed by atoms with Gasteiger partial charge in [-0.1, -0.05) is 30.3 Å². The number of amides is 1. The Morgan fingerprint density at radius 2 is 1.72 bits per heavy atom. The monoisotopic (exact) mass is 349 g/mol. The molecule has 1 spiro atoms. The molecule has 0 radical (unpaired) electrons. The largest absolute Gasteiger partial charge is 0.467 e. The standard InChI is InChI=1S/C18H23NO6/c1-22-15(20)17(7-9-18(10-8-17)24-11-12-25-18)19-16(21)23-13-14-5-3-2-4-6-14/h2-6H,7-13H2,1H3,(H,19,21). The first-order valence-electron chi connectivity index (χ1n) is 8.43. The Labute approximate surface area is 146 Å². The number of carbonyl (C=O) groups excluding carboxylic acids is 2. The van der Waals surface area contributed by atoms with Crippen molar-refractivity contribution in [3.63, 3.8) is 0 Å². The SMILES string of the molecule is COC(=O)C1(NC(=O)OCc2ccccc2)CCC2(CC1)OCCO2. The maximum atomic E-state index is 12.3. The zero-order valence-electron chi connectivity index (χ0n) is 14.3. The lowest BCUT2D eigenvalue weighted by atomic mass is 9.78. The fourth-order valence-electron chi connectivity index (χ4n) is 3.37. The minimum absolute atomic E-state index is 0.139. The smallest absolute Gasteiger partial charge is 0.408 e. The molecule has 7 nitrogen and oxygen atoms in total. The summed E-state index contributed by atoms with van der Waals surface area (Å²) in [5.74, 6) is -1.11. The number of nitrogens with one attached hydrogen (secondary N) is 1. The van der Waals surface area contributed by atoms with Crippen molar-refractivity contribution in [2.45, 2.75) is 43.6 Å². The summed E-state index contributed by atoms with van der Waals surface area (Å²) in [7, 11) is 1.31. The van der Waals surface area contributed by atoms with Gasteiger partial charge in [0.05, 0.1) is 20.3 Å². The van der Waals surface area contributed by atoms with Gasteiger partial charge in [-0.2, -0.15) is 0 Å². The fraction of sp³-hybridized carbons (Fsp3) is 0.556. The maximum Gasteiger partial charge on any atom is 0.408 e. The molecule has 2 aliphatic rings. The second-order valence-electron chi connectivity index (χ2n) is 6.37. The molecule has 0 bridgehead atoms. The number of hydrogen-bond donors (Lipinski definition) is 1. The van der Waals surface area contributed by atoms with Crippen molar-refractivity contribution in [3.05, 3.63) is 35.9 Å². The first kappa shape index (κ1) is 17.7. The van der Waals surface area contributed by atoms with E-state index < -0.39 is 23.4 Å². The lowest BCUT2D eigenvalue weighted by Crippen LogP contribution is -2.59. The highest BCUT2D eigenvalue weighted by Crippen LogP contribution is 2.40. The van der Waals surface area contributed by atoms with Crippen LogP contribution in [0.1, 0.15) is 31.2 Å². The molecule has 1 heterocycles. The van der Waals surface area contributed by atoms with Crippen LogP contribution in [0.5, 0.6) is 0 Å². The first-order chi connectivity index (χ1) is 12.1. The van der Waals surface area contributed by atoms with Crippen molar-refractivity contribution in [3.8, 4) is 0 Å². The van der Waals surface area contributed by atoms with E-state index in [1.807, 2.05) is 30.3 Å². The van der Waals surface area contributed by atoms with E-state index in [9.17, 15) is 9.59 Å². The van der Waals surface area contributed by atoms with Crippen LogP contribution in [0.15, 0.2) is 30.3 Å². The van der Waals surface area contributed by atoms with Gasteiger partial charge >= 0.3 is 12.1 Å². The molecule has 2 fully saturated rings. The molecule has 1 aromatic carbocycles. The van der Waals surface area contributed by atoms with Crippen molar-refractivity contribution >= 4 is 12.1 Å². The van der Waals surface area contributed by atoms with Gasteiger partial charge in [0.2, 0.25) is 0 Å². The lowest BCUT2D eigenvalue weighted by molar-refractivity contribution is -0.191. The number of ether oxygens (including phenoxy) is 4. The van der Waals surface area contributed by atoms with Crippen LogP contribution in [0.25, 0.3) is 0 Å². The third-order valence-corrected chi connectivity index (χ3v) is 4.81. The van der Waals surface area contributed by atoms with Crippen molar-refractivity contribution in [2.75, 3.05) is 20.3 Å². The number of carbonyl (C=O) groups is 2. The van der Waals surface area contributed by atoms with E-state index in [4.69, 9.17) is 18.9 Å². The van der Waals surface area contributed by atoms with Crippen molar-refractivity contribution in [2.24, 2.45) is 0 Å². The number of alkyl carbamates (subject to hydrolysis) is 1. The number of hydrogen-bond acceptors (Lipinski definition) is 6. The van der Waals surface area contributed by atoms with Crippen LogP contribution in [-0.4, -0.2) is 43.7 Å².